The summed E-state index contributed by atoms with van der Waals surface area (Å²) < 4.78 is 40.6. The Labute approximate surface area is 142 Å². The van der Waals surface area contributed by atoms with Gasteiger partial charge in [0.25, 0.3) is 0 Å². The summed E-state index contributed by atoms with van der Waals surface area (Å²) in [5.74, 6) is 0.812. The van der Waals surface area contributed by atoms with Gasteiger partial charge in [-0.15, -0.1) is 11.8 Å². The summed E-state index contributed by atoms with van der Waals surface area (Å²) in [6, 6.07) is 4.42. The van der Waals surface area contributed by atoms with Crippen molar-refractivity contribution in [1.82, 2.24) is 19.6 Å². The van der Waals surface area contributed by atoms with Crippen molar-refractivity contribution in [3.8, 4) is 11.4 Å². The summed E-state index contributed by atoms with van der Waals surface area (Å²) in [5.41, 5.74) is 0.199. The van der Waals surface area contributed by atoms with Crippen molar-refractivity contribution in [3.05, 3.63) is 40.8 Å². The van der Waals surface area contributed by atoms with Crippen molar-refractivity contribution >= 4 is 33.3 Å². The SMILES string of the molecule is CCSc1cc(Br)cnc1-c1ccnc2cc(C(F)(F)F)nn12. The maximum atomic E-state index is 12.9. The highest BCUT2D eigenvalue weighted by molar-refractivity contribution is 9.10. The summed E-state index contributed by atoms with van der Waals surface area (Å²) in [7, 11) is 0. The minimum Gasteiger partial charge on any atom is -0.252 e. The second-order valence-electron chi connectivity index (χ2n) is 4.56. The zero-order valence-electron chi connectivity index (χ0n) is 11.8. The van der Waals surface area contributed by atoms with Gasteiger partial charge in [0.15, 0.2) is 11.3 Å². The number of alkyl halides is 3. The van der Waals surface area contributed by atoms with Crippen molar-refractivity contribution in [2.24, 2.45) is 0 Å². The average molecular weight is 403 g/mol. The highest BCUT2D eigenvalue weighted by Crippen LogP contribution is 2.33. The van der Waals surface area contributed by atoms with Gasteiger partial charge in [0.2, 0.25) is 0 Å². The molecule has 9 heteroatoms. The summed E-state index contributed by atoms with van der Waals surface area (Å²) in [6.07, 6.45) is -1.45. The average Bonchev–Trinajstić information content (AvgIpc) is 2.92. The Morgan fingerprint density at radius 1 is 1.26 bits per heavy atom. The normalized spacial score (nSPS) is 12.0. The van der Waals surface area contributed by atoms with Gasteiger partial charge in [-0.3, -0.25) is 4.98 Å². The van der Waals surface area contributed by atoms with Crippen molar-refractivity contribution in [3.63, 3.8) is 0 Å². The standard InChI is InChI=1S/C14H10BrF3N4S/c1-2-23-10-5-8(15)7-20-13(10)9-3-4-19-12-6-11(14(16,17)18)21-22(9)12/h3-7H,2H2,1H3. The molecule has 0 saturated carbocycles. The van der Waals surface area contributed by atoms with Crippen LogP contribution < -0.4 is 0 Å². The largest absolute Gasteiger partial charge is 0.435 e. The van der Waals surface area contributed by atoms with Crippen LogP contribution in [0.3, 0.4) is 0 Å². The number of pyridine rings is 1. The van der Waals surface area contributed by atoms with Gasteiger partial charge in [0, 0.05) is 27.8 Å². The van der Waals surface area contributed by atoms with Gasteiger partial charge in [0.05, 0.1) is 5.69 Å². The first-order valence-corrected chi connectivity index (χ1v) is 8.38. The van der Waals surface area contributed by atoms with E-state index in [9.17, 15) is 13.2 Å². The van der Waals surface area contributed by atoms with E-state index in [0.29, 0.717) is 11.4 Å². The molecule has 0 aliphatic rings. The second kappa shape index (κ2) is 6.12. The Balaban J connectivity index is 2.23. The van der Waals surface area contributed by atoms with E-state index in [1.54, 1.807) is 24.0 Å². The topological polar surface area (TPSA) is 43.1 Å². The number of hydrogen-bond donors (Lipinski definition) is 0. The first kappa shape index (κ1) is 16.3. The zero-order chi connectivity index (χ0) is 16.6. The van der Waals surface area contributed by atoms with Gasteiger partial charge in [-0.2, -0.15) is 18.3 Å². The summed E-state index contributed by atoms with van der Waals surface area (Å²) >= 11 is 4.92. The lowest BCUT2D eigenvalue weighted by molar-refractivity contribution is -0.141. The molecule has 0 aliphatic carbocycles. The van der Waals surface area contributed by atoms with Gasteiger partial charge in [-0.05, 0) is 33.8 Å². The van der Waals surface area contributed by atoms with Crippen LogP contribution in [0.5, 0.6) is 0 Å². The Bertz CT molecular complexity index is 863. The fourth-order valence-electron chi connectivity index (χ4n) is 2.09. The molecule has 0 radical (unpaired) electrons. The quantitative estimate of drug-likeness (QED) is 0.596. The molecule has 0 bridgehead atoms. The predicted molar refractivity (Wildman–Crippen MR) is 85.3 cm³/mol. The van der Waals surface area contributed by atoms with Crippen LogP contribution in [0.4, 0.5) is 13.2 Å². The first-order chi connectivity index (χ1) is 10.9. The molecule has 0 atom stereocenters. The van der Waals surface area contributed by atoms with Crippen LogP contribution in [-0.4, -0.2) is 25.3 Å². The maximum Gasteiger partial charge on any atom is 0.435 e. The molecule has 0 amide bonds. The van der Waals surface area contributed by atoms with Crippen LogP contribution >= 0.6 is 27.7 Å². The molecule has 3 heterocycles. The number of nitrogens with zero attached hydrogens (tertiary/aromatic N) is 4. The van der Waals surface area contributed by atoms with Crippen LogP contribution in [0.25, 0.3) is 17.0 Å². The molecule has 4 nitrogen and oxygen atoms in total. The van der Waals surface area contributed by atoms with E-state index in [-0.39, 0.29) is 5.65 Å². The highest BCUT2D eigenvalue weighted by Gasteiger charge is 2.34. The number of fused-ring (bicyclic) bond motifs is 1. The van der Waals surface area contributed by atoms with E-state index < -0.39 is 11.9 Å². The van der Waals surface area contributed by atoms with Crippen LogP contribution in [0, 0.1) is 0 Å². The molecule has 120 valence electrons. The number of aromatic nitrogens is 4. The number of thioether (sulfide) groups is 1. The molecule has 0 fully saturated rings. The first-order valence-electron chi connectivity index (χ1n) is 6.61. The molecule has 0 unspecified atom stereocenters. The van der Waals surface area contributed by atoms with Crippen molar-refractivity contribution in [2.75, 3.05) is 5.75 Å². The molecule has 0 spiro atoms. The van der Waals surface area contributed by atoms with E-state index >= 15 is 0 Å². The summed E-state index contributed by atoms with van der Waals surface area (Å²) in [6.45, 7) is 1.99. The summed E-state index contributed by atoms with van der Waals surface area (Å²) in [4.78, 5) is 9.16. The van der Waals surface area contributed by atoms with Gasteiger partial charge < -0.3 is 0 Å². The molecule has 0 saturated heterocycles. The molecular weight excluding hydrogens is 393 g/mol. The number of halogens is 4. The molecule has 3 aromatic heterocycles. The lowest BCUT2D eigenvalue weighted by Gasteiger charge is -2.09. The lowest BCUT2D eigenvalue weighted by atomic mass is 10.2. The van der Waals surface area contributed by atoms with Crippen LogP contribution in [0.15, 0.2) is 40.0 Å². The molecule has 23 heavy (non-hydrogen) atoms. The van der Waals surface area contributed by atoms with E-state index in [1.165, 1.54) is 10.7 Å². The third kappa shape index (κ3) is 3.20. The molecule has 0 aliphatic heterocycles. The Hall–Kier alpha value is -1.61. The van der Waals surface area contributed by atoms with Gasteiger partial charge in [0.1, 0.15) is 5.69 Å². The molecule has 3 aromatic rings. The van der Waals surface area contributed by atoms with Crippen LogP contribution in [0.1, 0.15) is 12.6 Å². The zero-order valence-corrected chi connectivity index (χ0v) is 14.2. The van der Waals surface area contributed by atoms with Crippen molar-refractivity contribution in [2.45, 2.75) is 18.0 Å². The van der Waals surface area contributed by atoms with E-state index in [4.69, 9.17) is 0 Å². The van der Waals surface area contributed by atoms with Crippen LogP contribution in [0.2, 0.25) is 0 Å². The van der Waals surface area contributed by atoms with E-state index in [1.807, 2.05) is 13.0 Å². The Morgan fingerprint density at radius 3 is 2.74 bits per heavy atom. The van der Waals surface area contributed by atoms with E-state index in [2.05, 4.69) is 31.0 Å². The number of rotatable bonds is 3. The minimum atomic E-state index is -4.51. The second-order valence-corrected chi connectivity index (χ2v) is 6.78. The van der Waals surface area contributed by atoms with Crippen LogP contribution in [-0.2, 0) is 6.18 Å². The predicted octanol–water partition coefficient (Wildman–Crippen LogP) is 4.68. The third-order valence-corrected chi connectivity index (χ3v) is 4.35. The molecular formula is C14H10BrF3N4S. The summed E-state index contributed by atoms with van der Waals surface area (Å²) in [5, 5.41) is 3.65. The Morgan fingerprint density at radius 2 is 2.04 bits per heavy atom. The lowest BCUT2D eigenvalue weighted by Crippen LogP contribution is -2.06. The van der Waals surface area contributed by atoms with Crippen molar-refractivity contribution < 1.29 is 13.2 Å². The van der Waals surface area contributed by atoms with Gasteiger partial charge in [-0.25, -0.2) is 9.50 Å². The van der Waals surface area contributed by atoms with Gasteiger partial charge >= 0.3 is 6.18 Å². The monoisotopic (exact) mass is 402 g/mol. The fourth-order valence-corrected chi connectivity index (χ4v) is 3.39. The fraction of sp³-hybridized carbons (Fsp3) is 0.214. The smallest absolute Gasteiger partial charge is 0.252 e. The molecule has 0 aromatic carbocycles. The number of hydrogen-bond acceptors (Lipinski definition) is 4. The molecule has 0 N–H and O–H groups in total. The highest BCUT2D eigenvalue weighted by atomic mass is 79.9. The third-order valence-electron chi connectivity index (χ3n) is 3.01. The Kier molecular flexibility index (Phi) is 4.33. The maximum absolute atomic E-state index is 12.9. The van der Waals surface area contributed by atoms with Gasteiger partial charge in [-0.1, -0.05) is 6.92 Å². The minimum absolute atomic E-state index is 0.131. The van der Waals surface area contributed by atoms with E-state index in [0.717, 1.165) is 21.2 Å². The van der Waals surface area contributed by atoms with Crippen molar-refractivity contribution in [1.29, 1.82) is 0 Å². The molecule has 3 rings (SSSR count).